The van der Waals surface area contributed by atoms with Crippen LogP contribution in [0.3, 0.4) is 0 Å². The maximum atomic E-state index is 12.1. The summed E-state index contributed by atoms with van der Waals surface area (Å²) in [5.41, 5.74) is 0.820. The van der Waals surface area contributed by atoms with E-state index in [2.05, 4.69) is 25.3 Å². The number of nitrogens with one attached hydrogen (secondary N) is 1. The molecule has 0 unspecified atom stereocenters. The van der Waals surface area contributed by atoms with E-state index < -0.39 is 0 Å². The number of aromatic nitrogens is 4. The zero-order valence-corrected chi connectivity index (χ0v) is 12.4. The number of rotatable bonds is 3. The van der Waals surface area contributed by atoms with Gasteiger partial charge in [-0.25, -0.2) is 9.97 Å². The lowest BCUT2D eigenvalue weighted by Crippen LogP contribution is -2.43. The summed E-state index contributed by atoms with van der Waals surface area (Å²) in [7, 11) is 1.87. The lowest BCUT2D eigenvalue weighted by Gasteiger charge is -2.33. The van der Waals surface area contributed by atoms with Crippen LogP contribution in [0.2, 0.25) is 0 Å². The van der Waals surface area contributed by atoms with E-state index in [9.17, 15) is 4.79 Å². The number of fused-ring (bicyclic) bond motifs is 1. The molecule has 1 saturated heterocycles. The first-order valence-corrected chi connectivity index (χ1v) is 7.36. The Morgan fingerprint density at radius 3 is 3.14 bits per heavy atom. The topological polar surface area (TPSA) is 75.9 Å². The first-order valence-electron chi connectivity index (χ1n) is 7.36. The number of amides is 1. The molecule has 0 radical (unpaired) electrons. The number of piperidine rings is 1. The Balaban J connectivity index is 1.86. The molecule has 0 spiro atoms. The van der Waals surface area contributed by atoms with Gasteiger partial charge in [-0.1, -0.05) is 0 Å². The smallest absolute Gasteiger partial charge is 0.224 e. The largest absolute Gasteiger partial charge is 0.356 e. The fourth-order valence-electron chi connectivity index (χ4n) is 2.90. The monoisotopic (exact) mass is 288 g/mol. The van der Waals surface area contributed by atoms with Crippen molar-refractivity contribution in [2.45, 2.75) is 19.8 Å². The van der Waals surface area contributed by atoms with E-state index in [0.717, 1.165) is 36.2 Å². The van der Waals surface area contributed by atoms with Crippen LogP contribution in [0.25, 0.3) is 11.0 Å². The summed E-state index contributed by atoms with van der Waals surface area (Å²) in [4.78, 5) is 22.9. The molecule has 1 amide bonds. The van der Waals surface area contributed by atoms with Gasteiger partial charge < -0.3 is 10.2 Å². The molecule has 1 N–H and O–H groups in total. The molecule has 3 rings (SSSR count). The lowest BCUT2D eigenvalue weighted by molar-refractivity contribution is -0.125. The van der Waals surface area contributed by atoms with Crippen molar-refractivity contribution < 1.29 is 4.79 Å². The van der Waals surface area contributed by atoms with Gasteiger partial charge in [-0.2, -0.15) is 5.10 Å². The molecule has 1 fully saturated rings. The fraction of sp³-hybridized carbons (Fsp3) is 0.571. The van der Waals surface area contributed by atoms with Gasteiger partial charge in [0.1, 0.15) is 12.1 Å². The van der Waals surface area contributed by atoms with Crippen LogP contribution in [0.1, 0.15) is 19.8 Å². The van der Waals surface area contributed by atoms with Crippen molar-refractivity contribution in [2.75, 3.05) is 24.5 Å². The van der Waals surface area contributed by atoms with Gasteiger partial charge in [0.2, 0.25) is 5.91 Å². The van der Waals surface area contributed by atoms with E-state index in [0.29, 0.717) is 13.1 Å². The van der Waals surface area contributed by atoms with Crippen LogP contribution < -0.4 is 10.2 Å². The van der Waals surface area contributed by atoms with Crippen molar-refractivity contribution in [1.29, 1.82) is 0 Å². The normalized spacial score (nSPS) is 19.0. The van der Waals surface area contributed by atoms with Crippen LogP contribution in [-0.4, -0.2) is 45.3 Å². The van der Waals surface area contributed by atoms with E-state index in [1.807, 2.05) is 14.0 Å². The van der Waals surface area contributed by atoms with Crippen LogP contribution in [0.15, 0.2) is 12.5 Å². The van der Waals surface area contributed by atoms with Gasteiger partial charge in [0, 0.05) is 26.7 Å². The van der Waals surface area contributed by atoms with Gasteiger partial charge in [0.05, 0.1) is 17.5 Å². The number of anilines is 1. The quantitative estimate of drug-likeness (QED) is 0.900. The Labute approximate surface area is 123 Å². The van der Waals surface area contributed by atoms with Crippen molar-refractivity contribution in [1.82, 2.24) is 25.1 Å². The molecular formula is C14H20N6O. The second-order valence-electron chi connectivity index (χ2n) is 5.38. The number of hydrogen-bond acceptors (Lipinski definition) is 5. The summed E-state index contributed by atoms with van der Waals surface area (Å²) in [6, 6.07) is 0. The standard InChI is InChI=1S/C14H20N6O/c1-3-15-14(21)10-5-4-6-20(8-10)13-11-7-18-19(2)12(11)16-9-17-13/h7,9-10H,3-6,8H2,1-2H3,(H,15,21)/t10-/m1/s1. The Morgan fingerprint density at radius 1 is 1.48 bits per heavy atom. The van der Waals surface area contributed by atoms with E-state index in [-0.39, 0.29) is 11.8 Å². The van der Waals surface area contributed by atoms with E-state index in [1.165, 1.54) is 0 Å². The van der Waals surface area contributed by atoms with Crippen LogP contribution in [0.5, 0.6) is 0 Å². The van der Waals surface area contributed by atoms with Crippen molar-refractivity contribution in [3.8, 4) is 0 Å². The minimum absolute atomic E-state index is 0.0281. The Morgan fingerprint density at radius 2 is 2.33 bits per heavy atom. The fourth-order valence-corrected chi connectivity index (χ4v) is 2.90. The summed E-state index contributed by atoms with van der Waals surface area (Å²) < 4.78 is 1.74. The highest BCUT2D eigenvalue weighted by atomic mass is 16.1. The Hall–Kier alpha value is -2.18. The number of hydrogen-bond donors (Lipinski definition) is 1. The van der Waals surface area contributed by atoms with Crippen molar-refractivity contribution in [3.63, 3.8) is 0 Å². The molecule has 7 nitrogen and oxygen atoms in total. The number of aryl methyl sites for hydroxylation is 1. The molecule has 0 aliphatic carbocycles. The van der Waals surface area contributed by atoms with Crippen molar-refractivity contribution in [3.05, 3.63) is 12.5 Å². The summed E-state index contributed by atoms with van der Waals surface area (Å²) in [6.45, 7) is 4.24. The van der Waals surface area contributed by atoms with Gasteiger partial charge in [-0.05, 0) is 19.8 Å². The molecule has 0 saturated carbocycles. The van der Waals surface area contributed by atoms with Gasteiger partial charge in [0.15, 0.2) is 5.65 Å². The third-order valence-electron chi connectivity index (χ3n) is 3.95. The molecule has 1 aliphatic heterocycles. The van der Waals surface area contributed by atoms with E-state index in [1.54, 1.807) is 17.2 Å². The average Bonchev–Trinajstić information content (AvgIpc) is 2.89. The maximum Gasteiger partial charge on any atom is 0.224 e. The highest BCUT2D eigenvalue weighted by molar-refractivity contribution is 5.87. The highest BCUT2D eigenvalue weighted by Gasteiger charge is 2.27. The molecule has 112 valence electrons. The first kappa shape index (κ1) is 13.8. The molecule has 7 heteroatoms. The molecule has 2 aromatic rings. The summed E-state index contributed by atoms with van der Waals surface area (Å²) in [5, 5.41) is 8.10. The van der Waals surface area contributed by atoms with Gasteiger partial charge in [0.25, 0.3) is 0 Å². The minimum atomic E-state index is 0.0281. The van der Waals surface area contributed by atoms with Crippen LogP contribution in [-0.2, 0) is 11.8 Å². The molecule has 1 atom stereocenters. The zero-order chi connectivity index (χ0) is 14.8. The molecular weight excluding hydrogens is 268 g/mol. The van der Waals surface area contributed by atoms with Gasteiger partial charge in [-0.15, -0.1) is 0 Å². The van der Waals surface area contributed by atoms with E-state index in [4.69, 9.17) is 0 Å². The van der Waals surface area contributed by atoms with Crippen LogP contribution in [0, 0.1) is 5.92 Å². The van der Waals surface area contributed by atoms with Crippen molar-refractivity contribution >= 4 is 22.8 Å². The molecule has 2 aromatic heterocycles. The third-order valence-corrected chi connectivity index (χ3v) is 3.95. The lowest BCUT2D eigenvalue weighted by atomic mass is 9.97. The number of carbonyl (C=O) groups is 1. The summed E-state index contributed by atoms with van der Waals surface area (Å²) >= 11 is 0. The predicted octanol–water partition coefficient (Wildman–Crippen LogP) is 0.716. The Kier molecular flexibility index (Phi) is 3.72. The highest BCUT2D eigenvalue weighted by Crippen LogP contribution is 2.27. The first-order chi connectivity index (χ1) is 10.2. The van der Waals surface area contributed by atoms with Crippen molar-refractivity contribution in [2.24, 2.45) is 13.0 Å². The Bertz CT molecular complexity index is 652. The van der Waals surface area contributed by atoms with E-state index >= 15 is 0 Å². The van der Waals surface area contributed by atoms with Crippen LogP contribution in [0.4, 0.5) is 5.82 Å². The minimum Gasteiger partial charge on any atom is -0.356 e. The average molecular weight is 288 g/mol. The van der Waals surface area contributed by atoms with Crippen LogP contribution >= 0.6 is 0 Å². The third kappa shape index (κ3) is 2.55. The summed E-state index contributed by atoms with van der Waals surface area (Å²) in [5.74, 6) is 1.04. The predicted molar refractivity (Wildman–Crippen MR) is 79.9 cm³/mol. The maximum absolute atomic E-state index is 12.1. The molecule has 0 aromatic carbocycles. The number of nitrogens with zero attached hydrogens (tertiary/aromatic N) is 5. The van der Waals surface area contributed by atoms with Gasteiger partial charge in [-0.3, -0.25) is 9.48 Å². The number of carbonyl (C=O) groups excluding carboxylic acids is 1. The molecule has 21 heavy (non-hydrogen) atoms. The molecule has 1 aliphatic rings. The second-order valence-corrected chi connectivity index (χ2v) is 5.38. The molecule has 3 heterocycles. The zero-order valence-electron chi connectivity index (χ0n) is 12.4. The SMILES string of the molecule is CCNC(=O)[C@@H]1CCCN(c2ncnc3c2cnn3C)C1. The molecule has 0 bridgehead atoms. The van der Waals surface area contributed by atoms with Gasteiger partial charge >= 0.3 is 0 Å². The summed E-state index contributed by atoms with van der Waals surface area (Å²) in [6.07, 6.45) is 5.28. The second kappa shape index (κ2) is 5.67.